The average Bonchev–Trinajstić information content (AvgIpc) is 2.36. The van der Waals surface area contributed by atoms with Crippen LogP contribution in [0.2, 0.25) is 0 Å². The SMILES string of the molecule is CC(CCN(C)C)NC(=O)c1ccc(C(=O)O)nc1. The third-order valence-corrected chi connectivity index (χ3v) is 2.63. The van der Waals surface area contributed by atoms with Crippen LogP contribution < -0.4 is 5.32 Å². The van der Waals surface area contributed by atoms with E-state index in [9.17, 15) is 9.59 Å². The van der Waals surface area contributed by atoms with Crippen molar-refractivity contribution in [2.24, 2.45) is 0 Å². The smallest absolute Gasteiger partial charge is 0.354 e. The van der Waals surface area contributed by atoms with Gasteiger partial charge in [-0.2, -0.15) is 0 Å². The van der Waals surface area contributed by atoms with Crippen LogP contribution in [0.1, 0.15) is 34.2 Å². The molecule has 0 aromatic carbocycles. The van der Waals surface area contributed by atoms with Crippen LogP contribution in [0.15, 0.2) is 18.3 Å². The highest BCUT2D eigenvalue weighted by atomic mass is 16.4. The maximum Gasteiger partial charge on any atom is 0.354 e. The van der Waals surface area contributed by atoms with Gasteiger partial charge in [-0.15, -0.1) is 0 Å². The highest BCUT2D eigenvalue weighted by Gasteiger charge is 2.11. The van der Waals surface area contributed by atoms with Gasteiger partial charge in [0.2, 0.25) is 0 Å². The quantitative estimate of drug-likeness (QED) is 0.796. The first-order valence-corrected chi connectivity index (χ1v) is 6.05. The number of aromatic carboxylic acids is 1. The number of nitrogens with zero attached hydrogens (tertiary/aromatic N) is 2. The summed E-state index contributed by atoms with van der Waals surface area (Å²) in [6.07, 6.45) is 2.12. The summed E-state index contributed by atoms with van der Waals surface area (Å²) >= 11 is 0. The molecule has 0 aliphatic rings. The van der Waals surface area contributed by atoms with Crippen LogP contribution in [-0.2, 0) is 0 Å². The molecule has 0 fully saturated rings. The first kappa shape index (κ1) is 15.1. The summed E-state index contributed by atoms with van der Waals surface area (Å²) in [5.74, 6) is -1.35. The monoisotopic (exact) mass is 265 g/mol. The fourth-order valence-corrected chi connectivity index (χ4v) is 1.49. The van der Waals surface area contributed by atoms with Gasteiger partial charge in [0.1, 0.15) is 5.69 Å². The number of aromatic nitrogens is 1. The Morgan fingerprint density at radius 3 is 2.58 bits per heavy atom. The molecule has 0 aliphatic heterocycles. The molecule has 6 nitrogen and oxygen atoms in total. The first-order chi connectivity index (χ1) is 8.90. The normalized spacial score (nSPS) is 12.2. The van der Waals surface area contributed by atoms with Crippen molar-refractivity contribution in [2.75, 3.05) is 20.6 Å². The van der Waals surface area contributed by atoms with Crippen LogP contribution in [0.25, 0.3) is 0 Å². The average molecular weight is 265 g/mol. The molecule has 104 valence electrons. The Balaban J connectivity index is 2.55. The summed E-state index contributed by atoms with van der Waals surface area (Å²) in [4.78, 5) is 28.3. The van der Waals surface area contributed by atoms with Gasteiger partial charge in [0.25, 0.3) is 5.91 Å². The van der Waals surface area contributed by atoms with Crippen molar-refractivity contribution in [2.45, 2.75) is 19.4 Å². The Hall–Kier alpha value is -1.95. The zero-order chi connectivity index (χ0) is 14.4. The molecular formula is C13H19N3O3. The molecule has 0 saturated carbocycles. The number of pyridine rings is 1. The van der Waals surface area contributed by atoms with E-state index in [2.05, 4.69) is 10.3 Å². The molecule has 1 unspecified atom stereocenters. The number of carboxylic acids is 1. The van der Waals surface area contributed by atoms with Crippen LogP contribution in [0, 0.1) is 0 Å². The number of rotatable bonds is 6. The lowest BCUT2D eigenvalue weighted by Crippen LogP contribution is -2.34. The van der Waals surface area contributed by atoms with E-state index in [1.807, 2.05) is 25.9 Å². The van der Waals surface area contributed by atoms with E-state index in [-0.39, 0.29) is 17.6 Å². The minimum atomic E-state index is -1.11. The number of carboxylic acid groups (broad SMARTS) is 1. The van der Waals surface area contributed by atoms with Crippen molar-refractivity contribution >= 4 is 11.9 Å². The molecule has 1 aromatic heterocycles. The second kappa shape index (κ2) is 6.84. The van der Waals surface area contributed by atoms with Crippen LogP contribution >= 0.6 is 0 Å². The lowest BCUT2D eigenvalue weighted by Gasteiger charge is -2.16. The van der Waals surface area contributed by atoms with Gasteiger partial charge in [-0.25, -0.2) is 9.78 Å². The second-order valence-electron chi connectivity index (χ2n) is 4.70. The zero-order valence-electron chi connectivity index (χ0n) is 11.4. The number of nitrogens with one attached hydrogen (secondary N) is 1. The molecule has 1 aromatic rings. The maximum atomic E-state index is 11.9. The second-order valence-corrected chi connectivity index (χ2v) is 4.70. The summed E-state index contributed by atoms with van der Waals surface area (Å²) in [7, 11) is 3.95. The van der Waals surface area contributed by atoms with Crippen molar-refractivity contribution in [3.63, 3.8) is 0 Å². The molecule has 0 spiro atoms. The third kappa shape index (κ3) is 5.05. The summed E-state index contributed by atoms with van der Waals surface area (Å²) in [6.45, 7) is 2.82. The van der Waals surface area contributed by atoms with Gasteiger partial charge in [0.15, 0.2) is 0 Å². The van der Waals surface area contributed by atoms with Gasteiger partial charge in [-0.1, -0.05) is 0 Å². The predicted octanol–water partition coefficient (Wildman–Crippen LogP) is 0.850. The van der Waals surface area contributed by atoms with Crippen LogP contribution in [-0.4, -0.2) is 53.5 Å². The molecule has 2 N–H and O–H groups in total. The molecule has 1 amide bonds. The van der Waals surface area contributed by atoms with Gasteiger partial charge in [0.05, 0.1) is 5.56 Å². The van der Waals surface area contributed by atoms with E-state index in [1.165, 1.54) is 18.3 Å². The van der Waals surface area contributed by atoms with Gasteiger partial charge >= 0.3 is 5.97 Å². The summed E-state index contributed by atoms with van der Waals surface area (Å²) in [6, 6.07) is 2.83. The van der Waals surface area contributed by atoms with Crippen molar-refractivity contribution in [1.29, 1.82) is 0 Å². The van der Waals surface area contributed by atoms with E-state index in [4.69, 9.17) is 5.11 Å². The van der Waals surface area contributed by atoms with Gasteiger partial charge < -0.3 is 15.3 Å². The van der Waals surface area contributed by atoms with E-state index >= 15 is 0 Å². The Morgan fingerprint density at radius 1 is 1.42 bits per heavy atom. The summed E-state index contributed by atoms with van der Waals surface area (Å²) < 4.78 is 0. The van der Waals surface area contributed by atoms with E-state index < -0.39 is 5.97 Å². The van der Waals surface area contributed by atoms with Gasteiger partial charge in [-0.3, -0.25) is 4.79 Å². The molecule has 19 heavy (non-hydrogen) atoms. The number of hydrogen-bond donors (Lipinski definition) is 2. The highest BCUT2D eigenvalue weighted by Crippen LogP contribution is 2.02. The predicted molar refractivity (Wildman–Crippen MR) is 71.3 cm³/mol. The van der Waals surface area contributed by atoms with E-state index in [0.29, 0.717) is 5.56 Å². The fraction of sp³-hybridized carbons (Fsp3) is 0.462. The Morgan fingerprint density at radius 2 is 2.11 bits per heavy atom. The Bertz CT molecular complexity index is 443. The molecule has 0 saturated heterocycles. The first-order valence-electron chi connectivity index (χ1n) is 6.05. The minimum absolute atomic E-state index is 0.0500. The van der Waals surface area contributed by atoms with Crippen molar-refractivity contribution in [3.05, 3.63) is 29.6 Å². The summed E-state index contributed by atoms with van der Waals surface area (Å²) in [5.41, 5.74) is 0.291. The van der Waals surface area contributed by atoms with Crippen LogP contribution in [0.3, 0.4) is 0 Å². The maximum absolute atomic E-state index is 11.9. The molecule has 1 heterocycles. The molecule has 0 radical (unpaired) electrons. The molecule has 0 bridgehead atoms. The lowest BCUT2D eigenvalue weighted by molar-refractivity contribution is 0.0689. The fourth-order valence-electron chi connectivity index (χ4n) is 1.49. The van der Waals surface area contributed by atoms with Crippen molar-refractivity contribution < 1.29 is 14.7 Å². The Labute approximate surface area is 112 Å². The molecule has 6 heteroatoms. The van der Waals surface area contributed by atoms with Crippen molar-refractivity contribution in [1.82, 2.24) is 15.2 Å². The van der Waals surface area contributed by atoms with Gasteiger partial charge in [-0.05, 0) is 46.1 Å². The zero-order valence-corrected chi connectivity index (χ0v) is 11.4. The topological polar surface area (TPSA) is 82.5 Å². The largest absolute Gasteiger partial charge is 0.477 e. The Kier molecular flexibility index (Phi) is 5.44. The van der Waals surface area contributed by atoms with E-state index in [0.717, 1.165) is 13.0 Å². The van der Waals surface area contributed by atoms with Crippen LogP contribution in [0.5, 0.6) is 0 Å². The number of hydrogen-bond acceptors (Lipinski definition) is 4. The van der Waals surface area contributed by atoms with Gasteiger partial charge in [0, 0.05) is 12.2 Å². The standard InChI is InChI=1S/C13H19N3O3/c1-9(6-7-16(2)3)15-12(17)10-4-5-11(13(18)19)14-8-10/h4-5,8-9H,6-7H2,1-3H3,(H,15,17)(H,18,19). The van der Waals surface area contributed by atoms with E-state index in [1.54, 1.807) is 0 Å². The molecule has 1 atom stereocenters. The number of amides is 1. The molecule has 0 aliphatic carbocycles. The minimum Gasteiger partial charge on any atom is -0.477 e. The highest BCUT2D eigenvalue weighted by molar-refractivity contribution is 5.95. The van der Waals surface area contributed by atoms with Crippen molar-refractivity contribution in [3.8, 4) is 0 Å². The number of carbonyl (C=O) groups is 2. The summed E-state index contributed by atoms with van der Waals surface area (Å²) in [5, 5.41) is 11.6. The number of carbonyl (C=O) groups excluding carboxylic acids is 1. The third-order valence-electron chi connectivity index (χ3n) is 2.63. The molecule has 1 rings (SSSR count). The molecular weight excluding hydrogens is 246 g/mol. The lowest BCUT2D eigenvalue weighted by atomic mass is 10.2. The van der Waals surface area contributed by atoms with Crippen LogP contribution in [0.4, 0.5) is 0 Å².